The van der Waals surface area contributed by atoms with E-state index in [0.29, 0.717) is 25.3 Å². The van der Waals surface area contributed by atoms with Gasteiger partial charge in [0, 0.05) is 17.6 Å². The second-order valence-corrected chi connectivity index (χ2v) is 5.51. The molecule has 0 spiro atoms. The molecule has 2 rings (SSSR count). The van der Waals surface area contributed by atoms with Gasteiger partial charge in [0.15, 0.2) is 6.61 Å². The van der Waals surface area contributed by atoms with Crippen molar-refractivity contribution in [3.8, 4) is 5.75 Å². The lowest BCUT2D eigenvalue weighted by molar-refractivity contribution is -0.145. The molecule has 1 aromatic carbocycles. The Morgan fingerprint density at radius 3 is 2.95 bits per heavy atom. The van der Waals surface area contributed by atoms with Gasteiger partial charge in [0.2, 0.25) is 0 Å². The lowest BCUT2D eigenvalue weighted by atomic mass is 10.1. The van der Waals surface area contributed by atoms with Gasteiger partial charge in [-0.05, 0) is 24.6 Å². The van der Waals surface area contributed by atoms with Gasteiger partial charge >= 0.3 is 5.97 Å². The van der Waals surface area contributed by atoms with Crippen molar-refractivity contribution in [2.45, 2.75) is 6.42 Å². The van der Waals surface area contributed by atoms with E-state index in [4.69, 9.17) is 9.47 Å². The monoisotopic (exact) mass is 341 g/mol. The van der Waals surface area contributed by atoms with Crippen molar-refractivity contribution in [3.63, 3.8) is 0 Å². The third-order valence-electron chi connectivity index (χ3n) is 3.23. The number of carbonyl (C=O) groups is 2. The van der Waals surface area contributed by atoms with Crippen LogP contribution in [-0.2, 0) is 14.3 Å². The number of esters is 1. The van der Waals surface area contributed by atoms with Crippen LogP contribution in [0.4, 0.5) is 0 Å². The minimum Gasteiger partial charge on any atom is -0.484 e. The molecular formula is C14H16BrNO4. The molecule has 0 radical (unpaired) electrons. The van der Waals surface area contributed by atoms with Gasteiger partial charge < -0.3 is 14.4 Å². The van der Waals surface area contributed by atoms with Crippen LogP contribution in [-0.4, -0.2) is 43.6 Å². The van der Waals surface area contributed by atoms with Crippen LogP contribution in [0.3, 0.4) is 0 Å². The fraction of sp³-hybridized carbons (Fsp3) is 0.429. The number of rotatable bonds is 4. The normalized spacial score (nSPS) is 17.9. The maximum Gasteiger partial charge on any atom is 0.310 e. The number of benzene rings is 1. The van der Waals surface area contributed by atoms with E-state index >= 15 is 0 Å². The summed E-state index contributed by atoms with van der Waals surface area (Å²) in [6.45, 7) is 0.956. The van der Waals surface area contributed by atoms with E-state index in [-0.39, 0.29) is 24.4 Å². The molecule has 1 amide bonds. The van der Waals surface area contributed by atoms with Gasteiger partial charge in [0.05, 0.1) is 13.0 Å². The fourth-order valence-electron chi connectivity index (χ4n) is 2.14. The molecule has 1 atom stereocenters. The minimum atomic E-state index is -0.256. The lowest BCUT2D eigenvalue weighted by Crippen LogP contribution is -2.34. The molecule has 0 N–H and O–H groups in total. The third-order valence-corrected chi connectivity index (χ3v) is 3.73. The number of likely N-dealkylation sites (tertiary alicyclic amines) is 1. The van der Waals surface area contributed by atoms with Crippen molar-refractivity contribution >= 4 is 27.8 Å². The van der Waals surface area contributed by atoms with Crippen molar-refractivity contribution in [1.82, 2.24) is 4.90 Å². The molecule has 1 heterocycles. The molecule has 0 bridgehead atoms. The first kappa shape index (κ1) is 14.8. The summed E-state index contributed by atoms with van der Waals surface area (Å²) in [6, 6.07) is 7.32. The Balaban J connectivity index is 1.83. The first-order chi connectivity index (χ1) is 9.60. The number of nitrogens with zero attached hydrogens (tertiary/aromatic N) is 1. The SMILES string of the molecule is COC(=O)C1CCN(C(=O)COc2cccc(Br)c2)C1. The lowest BCUT2D eigenvalue weighted by Gasteiger charge is -2.16. The first-order valence-corrected chi connectivity index (χ1v) is 7.13. The van der Waals surface area contributed by atoms with Crippen molar-refractivity contribution < 1.29 is 19.1 Å². The zero-order valence-electron chi connectivity index (χ0n) is 11.2. The largest absolute Gasteiger partial charge is 0.484 e. The van der Waals surface area contributed by atoms with E-state index in [1.54, 1.807) is 17.0 Å². The molecule has 1 fully saturated rings. The molecule has 20 heavy (non-hydrogen) atoms. The van der Waals surface area contributed by atoms with E-state index in [9.17, 15) is 9.59 Å². The second-order valence-electron chi connectivity index (χ2n) is 4.59. The summed E-state index contributed by atoms with van der Waals surface area (Å²) in [7, 11) is 1.36. The van der Waals surface area contributed by atoms with Gasteiger partial charge in [-0.1, -0.05) is 22.0 Å². The maximum absolute atomic E-state index is 12.0. The first-order valence-electron chi connectivity index (χ1n) is 6.34. The molecular weight excluding hydrogens is 326 g/mol. The number of hydrogen-bond acceptors (Lipinski definition) is 4. The Morgan fingerprint density at radius 2 is 2.25 bits per heavy atom. The van der Waals surface area contributed by atoms with E-state index < -0.39 is 0 Å². The number of amides is 1. The van der Waals surface area contributed by atoms with Crippen LogP contribution in [0.5, 0.6) is 5.75 Å². The highest BCUT2D eigenvalue weighted by atomic mass is 79.9. The Kier molecular flexibility index (Phi) is 5.00. The van der Waals surface area contributed by atoms with Gasteiger partial charge in [0.1, 0.15) is 5.75 Å². The molecule has 0 aromatic heterocycles. The Bertz CT molecular complexity index is 506. The maximum atomic E-state index is 12.0. The number of carbonyl (C=O) groups excluding carboxylic acids is 2. The predicted molar refractivity (Wildman–Crippen MR) is 76.3 cm³/mol. The van der Waals surface area contributed by atoms with E-state index in [2.05, 4.69) is 15.9 Å². The average molecular weight is 342 g/mol. The minimum absolute atomic E-state index is 0.0235. The summed E-state index contributed by atoms with van der Waals surface area (Å²) in [5, 5.41) is 0. The topological polar surface area (TPSA) is 55.8 Å². The summed E-state index contributed by atoms with van der Waals surface area (Å²) in [5.41, 5.74) is 0. The zero-order valence-corrected chi connectivity index (χ0v) is 12.8. The summed E-state index contributed by atoms with van der Waals surface area (Å²) in [4.78, 5) is 25.0. The van der Waals surface area contributed by atoms with Crippen molar-refractivity contribution in [3.05, 3.63) is 28.7 Å². The van der Waals surface area contributed by atoms with Crippen LogP contribution < -0.4 is 4.74 Å². The average Bonchev–Trinajstić information content (AvgIpc) is 2.94. The molecule has 0 aliphatic carbocycles. The molecule has 1 aliphatic heterocycles. The fourth-order valence-corrected chi connectivity index (χ4v) is 2.52. The molecule has 5 nitrogen and oxygen atoms in total. The van der Waals surface area contributed by atoms with Crippen LogP contribution in [0.25, 0.3) is 0 Å². The van der Waals surface area contributed by atoms with Gasteiger partial charge in [-0.2, -0.15) is 0 Å². The smallest absolute Gasteiger partial charge is 0.310 e. The van der Waals surface area contributed by atoms with Crippen LogP contribution >= 0.6 is 15.9 Å². The molecule has 1 aromatic rings. The van der Waals surface area contributed by atoms with Crippen LogP contribution in [0.1, 0.15) is 6.42 Å². The highest BCUT2D eigenvalue weighted by molar-refractivity contribution is 9.10. The molecule has 1 aliphatic rings. The van der Waals surface area contributed by atoms with Crippen LogP contribution in [0.15, 0.2) is 28.7 Å². The summed E-state index contributed by atoms with van der Waals surface area (Å²) >= 11 is 3.34. The molecule has 108 valence electrons. The second kappa shape index (κ2) is 6.74. The number of ether oxygens (including phenoxy) is 2. The molecule has 0 saturated carbocycles. The highest BCUT2D eigenvalue weighted by Gasteiger charge is 2.31. The van der Waals surface area contributed by atoms with Gasteiger partial charge in [-0.25, -0.2) is 0 Å². The molecule has 1 saturated heterocycles. The van der Waals surface area contributed by atoms with Crippen molar-refractivity contribution in [2.75, 3.05) is 26.8 Å². The van der Waals surface area contributed by atoms with Gasteiger partial charge in [0.25, 0.3) is 5.91 Å². The summed E-state index contributed by atoms with van der Waals surface area (Å²) < 4.78 is 11.0. The number of hydrogen-bond donors (Lipinski definition) is 0. The van der Waals surface area contributed by atoms with Gasteiger partial charge in [-0.15, -0.1) is 0 Å². The molecule has 1 unspecified atom stereocenters. The number of halogens is 1. The van der Waals surface area contributed by atoms with E-state index in [1.165, 1.54) is 7.11 Å². The quantitative estimate of drug-likeness (QED) is 0.784. The summed E-state index contributed by atoms with van der Waals surface area (Å²) in [5.74, 6) is 0.0517. The molecule has 6 heteroatoms. The van der Waals surface area contributed by atoms with Crippen molar-refractivity contribution in [1.29, 1.82) is 0 Å². The standard InChI is InChI=1S/C14H16BrNO4/c1-19-14(18)10-5-6-16(8-10)13(17)9-20-12-4-2-3-11(15)7-12/h2-4,7,10H,5-6,8-9H2,1H3. The Labute approximate surface area is 126 Å². The van der Waals surface area contributed by atoms with Crippen LogP contribution in [0.2, 0.25) is 0 Å². The summed E-state index contributed by atoms with van der Waals surface area (Å²) in [6.07, 6.45) is 0.648. The van der Waals surface area contributed by atoms with Crippen LogP contribution in [0, 0.1) is 5.92 Å². The Hall–Kier alpha value is -1.56. The third kappa shape index (κ3) is 3.72. The van der Waals surface area contributed by atoms with Crippen molar-refractivity contribution in [2.24, 2.45) is 5.92 Å². The highest BCUT2D eigenvalue weighted by Crippen LogP contribution is 2.19. The van der Waals surface area contributed by atoms with E-state index in [0.717, 1.165) is 4.47 Å². The predicted octanol–water partition coefficient (Wildman–Crippen LogP) is 1.85. The van der Waals surface area contributed by atoms with E-state index in [1.807, 2.05) is 12.1 Å². The zero-order chi connectivity index (χ0) is 14.5. The van der Waals surface area contributed by atoms with Gasteiger partial charge in [-0.3, -0.25) is 9.59 Å². The Morgan fingerprint density at radius 1 is 1.45 bits per heavy atom. The number of methoxy groups -OCH3 is 1.